The van der Waals surface area contributed by atoms with Gasteiger partial charge in [-0.2, -0.15) is 13.2 Å². The molecule has 8 heteroatoms. The molecule has 1 heterocycles. The van der Waals surface area contributed by atoms with Gasteiger partial charge in [-0.25, -0.2) is 9.37 Å². The summed E-state index contributed by atoms with van der Waals surface area (Å²) >= 11 is 0.335. The Bertz CT molecular complexity index is 375. The van der Waals surface area contributed by atoms with Crippen LogP contribution in [0.4, 0.5) is 13.2 Å². The van der Waals surface area contributed by atoms with Crippen LogP contribution in [0.1, 0.15) is 14.5 Å². The Morgan fingerprint density at radius 2 is 2.00 bits per heavy atom. The lowest BCUT2D eigenvalue weighted by atomic mass is 10.4. The molecule has 3 nitrogen and oxygen atoms in total. The molecule has 0 aliphatic carbocycles. The van der Waals surface area contributed by atoms with E-state index in [2.05, 4.69) is 9.46 Å². The van der Waals surface area contributed by atoms with Crippen molar-refractivity contribution < 1.29 is 27.4 Å². The number of halogens is 3. The molecule has 1 aromatic heterocycles. The van der Waals surface area contributed by atoms with Gasteiger partial charge in [0.2, 0.25) is 9.04 Å². The highest BCUT2D eigenvalue weighted by Crippen LogP contribution is 2.34. The molecule has 1 aromatic rings. The minimum Gasteiger partial charge on any atom is -0.304 e. The number of hydrogen-bond acceptors (Lipinski definition) is 4. The summed E-state index contributed by atoms with van der Waals surface area (Å²) in [6.45, 7) is 3.53. The second-order valence-electron chi connectivity index (χ2n) is 3.18. The highest BCUT2D eigenvalue weighted by atomic mass is 32.1. The minimum absolute atomic E-state index is 0.123. The van der Waals surface area contributed by atoms with Crippen molar-refractivity contribution in [1.82, 2.24) is 0 Å². The molecule has 0 saturated heterocycles. The van der Waals surface area contributed by atoms with Gasteiger partial charge in [-0.05, 0) is 25.2 Å². The standard InChI is InChI=1S/C8H9F3O3SSi/c1-16(2)14-13-7(12)5-3-4-6(15-5)8(9,10)11/h3-4,16H,1-2H3. The van der Waals surface area contributed by atoms with Crippen LogP contribution >= 0.6 is 11.3 Å². The second kappa shape index (κ2) is 4.98. The number of rotatable bonds is 3. The second-order valence-corrected chi connectivity index (χ2v) is 6.55. The van der Waals surface area contributed by atoms with Gasteiger partial charge in [-0.15, -0.1) is 11.3 Å². The molecule has 0 aliphatic heterocycles. The minimum atomic E-state index is -4.43. The third-order valence-electron chi connectivity index (χ3n) is 1.40. The van der Waals surface area contributed by atoms with Gasteiger partial charge < -0.3 is 4.89 Å². The van der Waals surface area contributed by atoms with Crippen molar-refractivity contribution in [2.24, 2.45) is 0 Å². The molecule has 0 radical (unpaired) electrons. The Kier molecular flexibility index (Phi) is 4.11. The fraction of sp³-hybridized carbons (Fsp3) is 0.375. The molecular formula is C8H9F3O3SSi. The van der Waals surface area contributed by atoms with E-state index in [1.165, 1.54) is 0 Å². The van der Waals surface area contributed by atoms with Crippen molar-refractivity contribution in [2.45, 2.75) is 19.3 Å². The van der Waals surface area contributed by atoms with Gasteiger partial charge in [-0.3, -0.25) is 0 Å². The van der Waals surface area contributed by atoms with Crippen molar-refractivity contribution >= 4 is 26.3 Å². The molecule has 0 aliphatic rings. The SMILES string of the molecule is C[SiH](C)OOC(=O)c1ccc(C(F)(F)F)s1. The zero-order valence-corrected chi connectivity index (χ0v) is 10.5. The summed E-state index contributed by atoms with van der Waals surface area (Å²) in [4.78, 5) is 14.6. The third kappa shape index (κ3) is 3.61. The quantitative estimate of drug-likeness (QED) is 0.481. The van der Waals surface area contributed by atoms with Gasteiger partial charge in [-0.1, -0.05) is 0 Å². The Labute approximate surface area is 95.4 Å². The summed E-state index contributed by atoms with van der Waals surface area (Å²) in [5.74, 6) is -0.887. The Hall–Kier alpha value is -0.863. The molecule has 16 heavy (non-hydrogen) atoms. The van der Waals surface area contributed by atoms with Crippen LogP contribution in [-0.2, 0) is 15.6 Å². The number of carbonyl (C=O) groups excluding carboxylic acids is 1. The highest BCUT2D eigenvalue weighted by Gasteiger charge is 2.33. The van der Waals surface area contributed by atoms with Gasteiger partial charge in [0.15, 0.2) is 0 Å². The predicted octanol–water partition coefficient (Wildman–Crippen LogP) is 2.84. The van der Waals surface area contributed by atoms with E-state index >= 15 is 0 Å². The van der Waals surface area contributed by atoms with E-state index in [0.29, 0.717) is 11.3 Å². The van der Waals surface area contributed by atoms with Crippen molar-refractivity contribution in [1.29, 1.82) is 0 Å². The fourth-order valence-corrected chi connectivity index (χ4v) is 1.80. The maximum Gasteiger partial charge on any atom is 0.425 e. The van der Waals surface area contributed by atoms with E-state index in [1.54, 1.807) is 13.1 Å². The number of thiophene rings is 1. The molecule has 0 fully saturated rings. The smallest absolute Gasteiger partial charge is 0.304 e. The summed E-state index contributed by atoms with van der Waals surface area (Å²) < 4.78 is 41.3. The van der Waals surface area contributed by atoms with Crippen molar-refractivity contribution in [3.8, 4) is 0 Å². The normalized spacial score (nSPS) is 11.9. The van der Waals surface area contributed by atoms with Crippen molar-refractivity contribution in [2.75, 3.05) is 0 Å². The number of alkyl halides is 3. The lowest BCUT2D eigenvalue weighted by molar-refractivity contribution is -0.153. The third-order valence-corrected chi connectivity index (χ3v) is 2.99. The molecule has 1 rings (SSSR count). The molecule has 0 aromatic carbocycles. The topological polar surface area (TPSA) is 35.5 Å². The van der Waals surface area contributed by atoms with Crippen LogP contribution in [-0.4, -0.2) is 15.0 Å². The van der Waals surface area contributed by atoms with Crippen LogP contribution in [0, 0.1) is 0 Å². The Balaban J connectivity index is 2.67. The zero-order chi connectivity index (χ0) is 12.3. The number of carbonyl (C=O) groups is 1. The average Bonchev–Trinajstić information content (AvgIpc) is 2.61. The van der Waals surface area contributed by atoms with Crippen LogP contribution in [0.5, 0.6) is 0 Å². The van der Waals surface area contributed by atoms with E-state index in [9.17, 15) is 18.0 Å². The van der Waals surface area contributed by atoms with E-state index in [-0.39, 0.29) is 4.88 Å². The van der Waals surface area contributed by atoms with Crippen LogP contribution in [0.3, 0.4) is 0 Å². The highest BCUT2D eigenvalue weighted by molar-refractivity contribution is 7.14. The summed E-state index contributed by atoms with van der Waals surface area (Å²) in [6.07, 6.45) is -4.43. The first-order chi connectivity index (χ1) is 7.30. The van der Waals surface area contributed by atoms with Gasteiger partial charge in [0.25, 0.3) is 0 Å². The monoisotopic (exact) mass is 270 g/mol. The summed E-state index contributed by atoms with van der Waals surface area (Å²) in [5.41, 5.74) is 0. The molecule has 0 unspecified atom stereocenters. The van der Waals surface area contributed by atoms with Crippen LogP contribution in [0.25, 0.3) is 0 Å². The van der Waals surface area contributed by atoms with E-state index in [1.807, 2.05) is 0 Å². The molecule has 0 amide bonds. The molecule has 90 valence electrons. The van der Waals surface area contributed by atoms with Crippen molar-refractivity contribution in [3.63, 3.8) is 0 Å². The number of hydrogen-bond donors (Lipinski definition) is 0. The van der Waals surface area contributed by atoms with Gasteiger partial charge >= 0.3 is 12.1 Å². The largest absolute Gasteiger partial charge is 0.425 e. The fourth-order valence-electron chi connectivity index (χ4n) is 0.781. The molecular weight excluding hydrogens is 261 g/mol. The maximum absolute atomic E-state index is 12.2. The predicted molar refractivity (Wildman–Crippen MR) is 54.7 cm³/mol. The maximum atomic E-state index is 12.2. The molecule has 0 spiro atoms. The zero-order valence-electron chi connectivity index (χ0n) is 8.50. The van der Waals surface area contributed by atoms with E-state index < -0.39 is 26.1 Å². The van der Waals surface area contributed by atoms with Gasteiger partial charge in [0.1, 0.15) is 9.75 Å². The molecule has 0 N–H and O–H groups in total. The van der Waals surface area contributed by atoms with Crippen molar-refractivity contribution in [3.05, 3.63) is 21.9 Å². The first-order valence-corrected chi connectivity index (χ1v) is 7.95. The van der Waals surface area contributed by atoms with E-state index in [4.69, 9.17) is 0 Å². The first kappa shape index (κ1) is 13.2. The molecule has 0 bridgehead atoms. The lowest BCUT2D eigenvalue weighted by Gasteiger charge is -2.04. The van der Waals surface area contributed by atoms with Crippen LogP contribution in [0.15, 0.2) is 12.1 Å². The van der Waals surface area contributed by atoms with Gasteiger partial charge in [0.05, 0.1) is 0 Å². The van der Waals surface area contributed by atoms with E-state index in [0.717, 1.165) is 12.1 Å². The summed E-state index contributed by atoms with van der Waals surface area (Å²) in [6, 6.07) is 1.91. The average molecular weight is 270 g/mol. The summed E-state index contributed by atoms with van der Waals surface area (Å²) in [5, 5.41) is 0. The molecule has 0 atom stereocenters. The van der Waals surface area contributed by atoms with Crippen LogP contribution < -0.4 is 0 Å². The summed E-state index contributed by atoms with van der Waals surface area (Å²) in [7, 11) is -1.54. The molecule has 0 saturated carbocycles. The lowest BCUT2D eigenvalue weighted by Crippen LogP contribution is -2.12. The van der Waals surface area contributed by atoms with Crippen LogP contribution in [0.2, 0.25) is 13.1 Å². The Morgan fingerprint density at radius 3 is 2.44 bits per heavy atom. The Morgan fingerprint density at radius 1 is 1.38 bits per heavy atom. The van der Waals surface area contributed by atoms with Gasteiger partial charge in [0, 0.05) is 0 Å². The first-order valence-electron chi connectivity index (χ1n) is 4.35.